The van der Waals surface area contributed by atoms with Crippen molar-refractivity contribution in [3.8, 4) is 0 Å². The summed E-state index contributed by atoms with van der Waals surface area (Å²) in [6.45, 7) is 5.82. The summed E-state index contributed by atoms with van der Waals surface area (Å²) in [5.41, 5.74) is 0. The van der Waals surface area contributed by atoms with Crippen LogP contribution in [0.3, 0.4) is 0 Å². The zero-order valence-corrected chi connectivity index (χ0v) is 16.7. The predicted molar refractivity (Wildman–Crippen MR) is 104 cm³/mol. The minimum atomic E-state index is -3.63. The van der Waals surface area contributed by atoms with E-state index >= 15 is 0 Å². The second-order valence-corrected chi connectivity index (χ2v) is 9.06. The molecule has 2 N–H and O–H groups in total. The Hall–Kier alpha value is -2.31. The lowest BCUT2D eigenvalue weighted by Gasteiger charge is -2.34. The molecule has 0 aromatic carbocycles. The summed E-state index contributed by atoms with van der Waals surface area (Å²) in [4.78, 5) is 17.0. The molecule has 1 amide bonds. The topological polar surface area (TPSA) is 120 Å². The quantitative estimate of drug-likeness (QED) is 0.717. The lowest BCUT2D eigenvalue weighted by Crippen LogP contribution is -2.48. The number of rotatable bonds is 6. The summed E-state index contributed by atoms with van der Waals surface area (Å²) in [5.74, 6) is 1.14. The Morgan fingerprint density at radius 2 is 1.96 bits per heavy atom. The molecule has 0 bridgehead atoms. The molecule has 3 rings (SSSR count). The van der Waals surface area contributed by atoms with Crippen LogP contribution in [0.1, 0.15) is 13.8 Å². The summed E-state index contributed by atoms with van der Waals surface area (Å²) in [6, 6.07) is 3.73. The number of sulfonamides is 1. The first-order chi connectivity index (χ1) is 12.9. The van der Waals surface area contributed by atoms with Crippen LogP contribution in [-0.2, 0) is 14.8 Å². The molecule has 0 unspecified atom stereocenters. The van der Waals surface area contributed by atoms with Crippen molar-refractivity contribution in [2.45, 2.75) is 18.1 Å². The fraction of sp³-hybridized carbons (Fsp3) is 0.467. The van der Waals surface area contributed by atoms with Crippen LogP contribution in [0.2, 0.25) is 0 Å². The highest BCUT2D eigenvalue weighted by molar-refractivity contribution is 7.91. The second kappa shape index (κ2) is 8.15. The minimum Gasteiger partial charge on any atom is -0.369 e. The molecule has 1 aliphatic rings. The van der Waals surface area contributed by atoms with E-state index in [-0.39, 0.29) is 15.2 Å². The van der Waals surface area contributed by atoms with E-state index in [1.807, 2.05) is 24.0 Å². The van der Waals surface area contributed by atoms with Gasteiger partial charge in [-0.05, 0) is 19.1 Å². The maximum atomic E-state index is 12.8. The number of nitrogens with zero attached hydrogens (tertiary/aromatic N) is 5. The highest BCUT2D eigenvalue weighted by atomic mass is 32.2. The number of nitrogens with one attached hydrogen (secondary N) is 2. The molecule has 10 nitrogen and oxygen atoms in total. The number of carbonyl (C=O) groups excluding carboxylic acids is 1. The predicted octanol–water partition coefficient (Wildman–Crippen LogP) is 0.834. The molecule has 0 atom stereocenters. The van der Waals surface area contributed by atoms with Crippen molar-refractivity contribution >= 4 is 44.0 Å². The van der Waals surface area contributed by atoms with Gasteiger partial charge in [-0.1, -0.05) is 11.3 Å². The molecule has 1 fully saturated rings. The number of anilines is 3. The minimum absolute atomic E-state index is 0.120. The van der Waals surface area contributed by atoms with Crippen molar-refractivity contribution in [2.75, 3.05) is 48.3 Å². The Morgan fingerprint density at radius 1 is 1.22 bits per heavy atom. The van der Waals surface area contributed by atoms with Gasteiger partial charge in [-0.2, -0.15) is 4.31 Å². The van der Waals surface area contributed by atoms with Crippen molar-refractivity contribution in [3.05, 3.63) is 18.3 Å². The van der Waals surface area contributed by atoms with Crippen LogP contribution in [0.15, 0.2) is 22.5 Å². The number of piperazine rings is 1. The SMILES string of the molecule is CCNc1ccc(N2CCN(S(=O)(=O)c3cnc(NC(C)=O)s3)CC2)nn1. The van der Waals surface area contributed by atoms with E-state index in [4.69, 9.17) is 0 Å². The Balaban J connectivity index is 1.63. The first kappa shape index (κ1) is 19.5. The van der Waals surface area contributed by atoms with Gasteiger partial charge in [0.2, 0.25) is 5.91 Å². The summed E-state index contributed by atoms with van der Waals surface area (Å²) in [5, 5.41) is 14.2. The molecule has 0 spiro atoms. The van der Waals surface area contributed by atoms with Crippen LogP contribution in [0, 0.1) is 0 Å². The molecule has 146 valence electrons. The number of carbonyl (C=O) groups is 1. The summed E-state index contributed by atoms with van der Waals surface area (Å²) in [7, 11) is -3.63. The van der Waals surface area contributed by atoms with E-state index in [0.717, 1.165) is 23.7 Å². The van der Waals surface area contributed by atoms with Crippen molar-refractivity contribution < 1.29 is 13.2 Å². The van der Waals surface area contributed by atoms with Crippen LogP contribution in [0.5, 0.6) is 0 Å². The number of hydrogen-bond acceptors (Lipinski definition) is 9. The van der Waals surface area contributed by atoms with Crippen LogP contribution >= 0.6 is 11.3 Å². The highest BCUT2D eigenvalue weighted by Gasteiger charge is 2.30. The third-order valence-corrected chi connectivity index (χ3v) is 7.18. The van der Waals surface area contributed by atoms with Crippen LogP contribution < -0.4 is 15.5 Å². The van der Waals surface area contributed by atoms with Crippen molar-refractivity contribution in [2.24, 2.45) is 0 Å². The molecule has 3 heterocycles. The van der Waals surface area contributed by atoms with E-state index in [1.54, 1.807) is 0 Å². The lowest BCUT2D eigenvalue weighted by atomic mass is 10.3. The smallest absolute Gasteiger partial charge is 0.254 e. The van der Waals surface area contributed by atoms with Gasteiger partial charge < -0.3 is 15.5 Å². The largest absolute Gasteiger partial charge is 0.369 e. The van der Waals surface area contributed by atoms with Gasteiger partial charge in [0.05, 0.1) is 6.20 Å². The molecule has 12 heteroatoms. The first-order valence-corrected chi connectivity index (χ1v) is 10.7. The zero-order valence-electron chi connectivity index (χ0n) is 15.0. The molecule has 0 saturated carbocycles. The Labute approximate surface area is 161 Å². The molecule has 2 aromatic rings. The fourth-order valence-electron chi connectivity index (χ4n) is 2.64. The van der Waals surface area contributed by atoms with Gasteiger partial charge in [-0.25, -0.2) is 13.4 Å². The average Bonchev–Trinajstić information content (AvgIpc) is 3.11. The second-order valence-electron chi connectivity index (χ2n) is 5.86. The maximum absolute atomic E-state index is 12.8. The highest BCUT2D eigenvalue weighted by Crippen LogP contribution is 2.27. The van der Waals surface area contributed by atoms with Crippen LogP contribution in [0.25, 0.3) is 0 Å². The Morgan fingerprint density at radius 3 is 2.56 bits per heavy atom. The van der Waals surface area contributed by atoms with Gasteiger partial charge in [0.25, 0.3) is 10.0 Å². The Kier molecular flexibility index (Phi) is 5.87. The maximum Gasteiger partial charge on any atom is 0.254 e. The fourth-order valence-corrected chi connectivity index (χ4v) is 5.30. The van der Waals surface area contributed by atoms with E-state index in [0.29, 0.717) is 32.0 Å². The Bertz CT molecular complexity index is 890. The molecule has 2 aromatic heterocycles. The van der Waals surface area contributed by atoms with E-state index in [9.17, 15) is 13.2 Å². The number of aromatic nitrogens is 3. The third kappa shape index (κ3) is 4.51. The van der Waals surface area contributed by atoms with Gasteiger partial charge in [-0.3, -0.25) is 4.79 Å². The third-order valence-electron chi connectivity index (χ3n) is 3.93. The number of amides is 1. The summed E-state index contributed by atoms with van der Waals surface area (Å²) < 4.78 is 27.1. The average molecular weight is 412 g/mol. The van der Waals surface area contributed by atoms with Crippen molar-refractivity contribution in [1.82, 2.24) is 19.5 Å². The molecular formula is C15H21N7O3S2. The van der Waals surface area contributed by atoms with Crippen molar-refractivity contribution in [1.29, 1.82) is 0 Å². The molecular weight excluding hydrogens is 390 g/mol. The van der Waals surface area contributed by atoms with Crippen molar-refractivity contribution in [3.63, 3.8) is 0 Å². The van der Waals surface area contributed by atoms with Gasteiger partial charge in [0.1, 0.15) is 5.82 Å². The lowest BCUT2D eigenvalue weighted by molar-refractivity contribution is -0.114. The monoisotopic (exact) mass is 411 g/mol. The molecule has 1 saturated heterocycles. The van der Waals surface area contributed by atoms with Crippen LogP contribution in [0.4, 0.5) is 16.8 Å². The number of hydrogen-bond donors (Lipinski definition) is 2. The molecule has 1 aliphatic heterocycles. The normalized spacial score (nSPS) is 15.6. The molecule has 27 heavy (non-hydrogen) atoms. The van der Waals surface area contributed by atoms with Gasteiger partial charge >= 0.3 is 0 Å². The van der Waals surface area contributed by atoms with E-state index < -0.39 is 10.0 Å². The molecule has 0 aliphatic carbocycles. The van der Waals surface area contributed by atoms with Gasteiger partial charge in [0, 0.05) is 39.6 Å². The summed E-state index contributed by atoms with van der Waals surface area (Å²) >= 11 is 0.950. The first-order valence-electron chi connectivity index (χ1n) is 8.46. The molecule has 0 radical (unpaired) electrons. The van der Waals surface area contributed by atoms with Gasteiger partial charge in [-0.15, -0.1) is 10.2 Å². The number of thiazole rings is 1. The van der Waals surface area contributed by atoms with E-state index in [1.165, 1.54) is 17.4 Å². The van der Waals surface area contributed by atoms with E-state index in [2.05, 4.69) is 25.8 Å². The van der Waals surface area contributed by atoms with Crippen LogP contribution in [-0.4, -0.2) is 66.5 Å². The van der Waals surface area contributed by atoms with Gasteiger partial charge in [0.15, 0.2) is 15.2 Å². The summed E-state index contributed by atoms with van der Waals surface area (Å²) in [6.07, 6.45) is 1.28. The standard InChI is InChI=1S/C15H21N7O3S2/c1-3-16-12-4-5-13(20-19-12)21-6-8-22(9-7-21)27(24,25)14-10-17-15(26-14)18-11(2)23/h4-5,10H,3,6-9H2,1-2H3,(H,16,19)(H,17,18,23). The zero-order chi connectivity index (χ0) is 19.4.